The summed E-state index contributed by atoms with van der Waals surface area (Å²) in [7, 11) is 0. The van der Waals surface area contributed by atoms with Gasteiger partial charge in [0.05, 0.1) is 17.0 Å². The first kappa shape index (κ1) is 22.7. The van der Waals surface area contributed by atoms with Crippen molar-refractivity contribution in [2.45, 2.75) is 32.7 Å². The number of nitrogens with two attached hydrogens (primary N) is 1. The number of nitrogens with zero attached hydrogens (tertiary/aromatic N) is 3. The lowest BCUT2D eigenvalue weighted by molar-refractivity contribution is -0.119. The molecule has 0 fully saturated rings. The fourth-order valence-corrected chi connectivity index (χ4v) is 5.12. The number of carbonyl (C=O) groups excluding carboxylic acids is 2. The Morgan fingerprint density at radius 3 is 2.66 bits per heavy atom. The van der Waals surface area contributed by atoms with Gasteiger partial charge in [0.2, 0.25) is 10.9 Å². The first-order chi connectivity index (χ1) is 16.9. The van der Waals surface area contributed by atoms with Gasteiger partial charge in [-0.15, -0.1) is 10.2 Å². The molecule has 1 atom stereocenters. The van der Waals surface area contributed by atoms with E-state index in [1.807, 2.05) is 19.9 Å². The zero-order valence-corrected chi connectivity index (χ0v) is 19.9. The van der Waals surface area contributed by atoms with Crippen molar-refractivity contribution in [2.24, 2.45) is 5.73 Å². The molecule has 0 bridgehead atoms. The maximum Gasteiger partial charge on any atom is 0.297 e. The van der Waals surface area contributed by atoms with Gasteiger partial charge in [0.15, 0.2) is 12.0 Å². The number of aromatic nitrogens is 2. The van der Waals surface area contributed by atoms with E-state index in [4.69, 9.17) is 14.9 Å². The summed E-state index contributed by atoms with van der Waals surface area (Å²) >= 11 is 1.32. The first-order valence-corrected chi connectivity index (χ1v) is 11.9. The van der Waals surface area contributed by atoms with Gasteiger partial charge >= 0.3 is 0 Å². The second kappa shape index (κ2) is 8.95. The molecule has 2 N–H and O–H groups in total. The fraction of sp³-hybridized carbons (Fsp3) is 0.240. The van der Waals surface area contributed by atoms with Crippen molar-refractivity contribution in [1.82, 2.24) is 10.2 Å². The van der Waals surface area contributed by atoms with Gasteiger partial charge in [-0.05, 0) is 43.2 Å². The molecule has 4 aromatic rings. The Kier molecular flexibility index (Phi) is 5.81. The van der Waals surface area contributed by atoms with Crippen molar-refractivity contribution in [3.8, 4) is 5.75 Å². The molecule has 1 aliphatic rings. The summed E-state index contributed by atoms with van der Waals surface area (Å²) in [6.45, 7) is 3.68. The molecule has 2 aromatic carbocycles. The van der Waals surface area contributed by atoms with Gasteiger partial charge in [0, 0.05) is 6.42 Å². The minimum atomic E-state index is -0.758. The molecule has 10 heteroatoms. The average Bonchev–Trinajstić information content (AvgIpc) is 3.41. The van der Waals surface area contributed by atoms with E-state index in [1.165, 1.54) is 16.2 Å². The second-order valence-corrected chi connectivity index (χ2v) is 9.34. The number of aryl methyl sites for hydroxylation is 2. The van der Waals surface area contributed by atoms with Gasteiger partial charge in [-0.25, -0.2) is 0 Å². The fourth-order valence-electron chi connectivity index (χ4n) is 4.16. The Morgan fingerprint density at radius 2 is 1.94 bits per heavy atom. The molecule has 2 amide bonds. The van der Waals surface area contributed by atoms with Crippen LogP contribution < -0.4 is 20.8 Å². The van der Waals surface area contributed by atoms with Crippen LogP contribution in [0.15, 0.2) is 51.7 Å². The Labute approximate surface area is 204 Å². The molecule has 1 unspecified atom stereocenters. The van der Waals surface area contributed by atoms with Crippen LogP contribution in [-0.4, -0.2) is 28.6 Å². The molecular weight excluding hydrogens is 468 g/mol. The van der Waals surface area contributed by atoms with Gasteiger partial charge in [-0.3, -0.25) is 19.3 Å². The number of anilines is 1. The lowest BCUT2D eigenvalue weighted by atomic mass is 9.98. The molecule has 0 saturated heterocycles. The topological polar surface area (TPSA) is 129 Å². The van der Waals surface area contributed by atoms with Crippen LogP contribution in [0.1, 0.15) is 51.6 Å². The number of rotatable bonds is 7. The Bertz CT molecular complexity index is 1510. The number of benzene rings is 2. The third-order valence-electron chi connectivity index (χ3n) is 5.73. The van der Waals surface area contributed by atoms with Crippen LogP contribution in [0.4, 0.5) is 5.13 Å². The molecule has 35 heavy (non-hydrogen) atoms. The van der Waals surface area contributed by atoms with E-state index in [-0.39, 0.29) is 23.4 Å². The van der Waals surface area contributed by atoms with Crippen LogP contribution in [0.3, 0.4) is 0 Å². The van der Waals surface area contributed by atoms with Crippen molar-refractivity contribution in [3.05, 3.63) is 80.1 Å². The van der Waals surface area contributed by atoms with E-state index >= 15 is 0 Å². The smallest absolute Gasteiger partial charge is 0.297 e. The van der Waals surface area contributed by atoms with E-state index in [0.717, 1.165) is 23.4 Å². The molecular formula is C25H22N4O5S. The largest absolute Gasteiger partial charge is 0.484 e. The van der Waals surface area contributed by atoms with Crippen molar-refractivity contribution in [1.29, 1.82) is 0 Å². The standard InChI is InChI=1S/C25H22N4O5S/c1-3-4-19-27-28-25(35-19)29-21(14-6-8-15(9-7-14)33-12-18(26)30)20-22(31)16-11-13(2)5-10-17(16)34-23(20)24(29)32/h5-11,21H,3-4,12H2,1-2H3,(H2,26,30). The minimum Gasteiger partial charge on any atom is -0.484 e. The second-order valence-electron chi connectivity index (χ2n) is 8.30. The minimum absolute atomic E-state index is 0.00218. The van der Waals surface area contributed by atoms with Gasteiger partial charge in [-0.1, -0.05) is 42.0 Å². The highest BCUT2D eigenvalue weighted by Crippen LogP contribution is 2.42. The number of hydrogen-bond acceptors (Lipinski definition) is 8. The lowest BCUT2D eigenvalue weighted by Crippen LogP contribution is -2.29. The third-order valence-corrected chi connectivity index (χ3v) is 6.71. The summed E-state index contributed by atoms with van der Waals surface area (Å²) in [6, 6.07) is 11.3. The molecule has 178 valence electrons. The maximum absolute atomic E-state index is 13.7. The van der Waals surface area contributed by atoms with Crippen molar-refractivity contribution >= 4 is 39.3 Å². The summed E-state index contributed by atoms with van der Waals surface area (Å²) < 4.78 is 11.3. The quantitative estimate of drug-likeness (QED) is 0.420. The molecule has 9 nitrogen and oxygen atoms in total. The van der Waals surface area contributed by atoms with Crippen LogP contribution in [0.2, 0.25) is 0 Å². The highest BCUT2D eigenvalue weighted by molar-refractivity contribution is 7.15. The van der Waals surface area contributed by atoms with Gasteiger partial charge in [0.1, 0.15) is 16.3 Å². The molecule has 2 aromatic heterocycles. The predicted molar refractivity (Wildman–Crippen MR) is 131 cm³/mol. The molecule has 1 aliphatic heterocycles. The highest BCUT2D eigenvalue weighted by Gasteiger charge is 2.45. The summed E-state index contributed by atoms with van der Waals surface area (Å²) in [4.78, 5) is 39.8. The van der Waals surface area contributed by atoms with Gasteiger partial charge in [0.25, 0.3) is 11.8 Å². The highest BCUT2D eigenvalue weighted by atomic mass is 32.1. The summed E-state index contributed by atoms with van der Waals surface area (Å²) in [5, 5.41) is 10.1. The van der Waals surface area contributed by atoms with Crippen LogP contribution in [0.25, 0.3) is 11.0 Å². The van der Waals surface area contributed by atoms with Gasteiger partial charge < -0.3 is 14.9 Å². The third kappa shape index (κ3) is 4.06. The maximum atomic E-state index is 13.7. The molecule has 5 rings (SSSR count). The number of amides is 2. The predicted octanol–water partition coefficient (Wildman–Crippen LogP) is 3.52. The SMILES string of the molecule is CCCc1nnc(N2C(=O)c3oc4ccc(C)cc4c(=O)c3C2c2ccc(OCC(N)=O)cc2)s1. The zero-order valence-electron chi connectivity index (χ0n) is 19.1. The Morgan fingerprint density at radius 1 is 1.17 bits per heavy atom. The number of carbonyl (C=O) groups is 2. The molecule has 0 spiro atoms. The van der Waals surface area contributed by atoms with Crippen LogP contribution in [0, 0.1) is 6.92 Å². The molecule has 0 saturated carbocycles. The van der Waals surface area contributed by atoms with E-state index in [0.29, 0.717) is 27.4 Å². The molecule has 3 heterocycles. The molecule has 0 radical (unpaired) electrons. The summed E-state index contributed by atoms with van der Waals surface area (Å²) in [5.41, 5.74) is 7.07. The summed E-state index contributed by atoms with van der Waals surface area (Å²) in [6.07, 6.45) is 1.63. The van der Waals surface area contributed by atoms with Crippen molar-refractivity contribution < 1.29 is 18.7 Å². The summed E-state index contributed by atoms with van der Waals surface area (Å²) in [5.74, 6) is -0.601. The van der Waals surface area contributed by atoms with Crippen molar-refractivity contribution in [3.63, 3.8) is 0 Å². The van der Waals surface area contributed by atoms with Crippen LogP contribution in [0.5, 0.6) is 5.75 Å². The van der Waals surface area contributed by atoms with E-state index in [1.54, 1.807) is 36.4 Å². The van der Waals surface area contributed by atoms with E-state index in [9.17, 15) is 14.4 Å². The number of hydrogen-bond donors (Lipinski definition) is 1. The lowest BCUT2D eigenvalue weighted by Gasteiger charge is -2.22. The Hall–Kier alpha value is -4.05. The number of fused-ring (bicyclic) bond motifs is 2. The number of ether oxygens (including phenoxy) is 1. The average molecular weight is 491 g/mol. The monoisotopic (exact) mass is 490 g/mol. The van der Waals surface area contributed by atoms with E-state index < -0.39 is 17.9 Å². The number of primary amides is 1. The van der Waals surface area contributed by atoms with Crippen LogP contribution >= 0.6 is 11.3 Å². The van der Waals surface area contributed by atoms with Gasteiger partial charge in [-0.2, -0.15) is 0 Å². The first-order valence-electron chi connectivity index (χ1n) is 11.1. The Balaban J connectivity index is 1.67. The zero-order chi connectivity index (χ0) is 24.7. The van der Waals surface area contributed by atoms with E-state index in [2.05, 4.69) is 10.2 Å². The van der Waals surface area contributed by atoms with Crippen LogP contribution in [-0.2, 0) is 11.2 Å². The normalized spacial score (nSPS) is 15.0. The van der Waals surface area contributed by atoms with Crippen molar-refractivity contribution in [2.75, 3.05) is 11.5 Å². The molecule has 0 aliphatic carbocycles.